The van der Waals surface area contributed by atoms with Gasteiger partial charge in [0.15, 0.2) is 0 Å². The van der Waals surface area contributed by atoms with E-state index >= 15 is 0 Å². The SMILES string of the molecule is COc1cc(C)c(NC(=O)CCC(=O)O)c(C)c1C. The molecule has 0 bridgehead atoms. The molecule has 104 valence electrons. The first-order chi connectivity index (χ1) is 8.86. The summed E-state index contributed by atoms with van der Waals surface area (Å²) in [5.41, 5.74) is 3.51. The van der Waals surface area contributed by atoms with Gasteiger partial charge in [0.25, 0.3) is 0 Å². The number of aliphatic carboxylic acids is 1. The van der Waals surface area contributed by atoms with Crippen LogP contribution in [0.2, 0.25) is 0 Å². The van der Waals surface area contributed by atoms with Crippen molar-refractivity contribution < 1.29 is 19.4 Å². The van der Waals surface area contributed by atoms with Crippen LogP contribution in [0.3, 0.4) is 0 Å². The van der Waals surface area contributed by atoms with Crippen LogP contribution in [-0.4, -0.2) is 24.1 Å². The predicted octanol–water partition coefficient (Wildman–Crippen LogP) is 2.42. The fraction of sp³-hybridized carbons (Fsp3) is 0.429. The fourth-order valence-electron chi connectivity index (χ4n) is 1.87. The molecule has 0 aromatic heterocycles. The van der Waals surface area contributed by atoms with Crippen LogP contribution in [0.25, 0.3) is 0 Å². The molecule has 1 rings (SSSR count). The lowest BCUT2D eigenvalue weighted by Gasteiger charge is -2.16. The first-order valence-electron chi connectivity index (χ1n) is 6.03. The molecule has 0 saturated heterocycles. The Morgan fingerprint density at radius 3 is 2.37 bits per heavy atom. The number of benzene rings is 1. The molecule has 0 unspecified atom stereocenters. The van der Waals surface area contributed by atoms with Crippen molar-refractivity contribution in [2.45, 2.75) is 33.6 Å². The van der Waals surface area contributed by atoms with Gasteiger partial charge in [-0.15, -0.1) is 0 Å². The first-order valence-corrected chi connectivity index (χ1v) is 6.03. The van der Waals surface area contributed by atoms with Gasteiger partial charge in [-0.2, -0.15) is 0 Å². The predicted molar refractivity (Wildman–Crippen MR) is 72.7 cm³/mol. The van der Waals surface area contributed by atoms with Gasteiger partial charge in [0.2, 0.25) is 5.91 Å². The highest BCUT2D eigenvalue weighted by atomic mass is 16.5. The van der Waals surface area contributed by atoms with Gasteiger partial charge >= 0.3 is 5.97 Å². The number of rotatable bonds is 5. The molecule has 0 aliphatic heterocycles. The number of anilines is 1. The zero-order valence-corrected chi connectivity index (χ0v) is 11.7. The topological polar surface area (TPSA) is 75.6 Å². The molecule has 0 heterocycles. The second-order valence-electron chi connectivity index (χ2n) is 4.46. The molecular weight excluding hydrogens is 246 g/mol. The van der Waals surface area contributed by atoms with Crippen molar-refractivity contribution in [3.8, 4) is 5.75 Å². The Bertz CT molecular complexity index is 509. The van der Waals surface area contributed by atoms with Crippen molar-refractivity contribution in [2.24, 2.45) is 0 Å². The third-order valence-electron chi connectivity index (χ3n) is 3.10. The van der Waals surface area contributed by atoms with E-state index in [1.54, 1.807) is 7.11 Å². The monoisotopic (exact) mass is 265 g/mol. The number of carbonyl (C=O) groups excluding carboxylic acids is 1. The Kier molecular flexibility index (Phi) is 4.92. The molecule has 1 aromatic carbocycles. The Morgan fingerprint density at radius 2 is 1.84 bits per heavy atom. The second-order valence-corrected chi connectivity index (χ2v) is 4.46. The average Bonchev–Trinajstić information content (AvgIpc) is 2.36. The second kappa shape index (κ2) is 6.22. The Balaban J connectivity index is 2.93. The van der Waals surface area contributed by atoms with E-state index in [4.69, 9.17) is 9.84 Å². The van der Waals surface area contributed by atoms with Crippen molar-refractivity contribution in [1.82, 2.24) is 0 Å². The van der Waals surface area contributed by atoms with E-state index in [1.165, 1.54) is 0 Å². The van der Waals surface area contributed by atoms with Gasteiger partial charge in [-0.3, -0.25) is 9.59 Å². The number of carbonyl (C=O) groups is 2. The highest BCUT2D eigenvalue weighted by molar-refractivity contribution is 5.94. The van der Waals surface area contributed by atoms with Crippen LogP contribution in [-0.2, 0) is 9.59 Å². The van der Waals surface area contributed by atoms with Gasteiger partial charge in [-0.1, -0.05) is 0 Å². The molecule has 2 N–H and O–H groups in total. The van der Waals surface area contributed by atoms with E-state index in [1.807, 2.05) is 26.8 Å². The highest BCUT2D eigenvalue weighted by Gasteiger charge is 2.13. The van der Waals surface area contributed by atoms with Crippen LogP contribution in [0.4, 0.5) is 5.69 Å². The normalized spacial score (nSPS) is 10.1. The van der Waals surface area contributed by atoms with Crippen LogP contribution < -0.4 is 10.1 Å². The van der Waals surface area contributed by atoms with Gasteiger partial charge in [-0.25, -0.2) is 0 Å². The lowest BCUT2D eigenvalue weighted by Crippen LogP contribution is -2.15. The zero-order valence-electron chi connectivity index (χ0n) is 11.7. The Labute approximate surface area is 112 Å². The lowest BCUT2D eigenvalue weighted by molar-refractivity contribution is -0.138. The number of nitrogens with one attached hydrogen (secondary N) is 1. The largest absolute Gasteiger partial charge is 0.496 e. The maximum atomic E-state index is 11.7. The average molecular weight is 265 g/mol. The third-order valence-corrected chi connectivity index (χ3v) is 3.10. The molecule has 0 saturated carbocycles. The molecule has 5 nitrogen and oxygen atoms in total. The van der Waals surface area contributed by atoms with E-state index in [0.29, 0.717) is 0 Å². The lowest BCUT2D eigenvalue weighted by atomic mass is 10.0. The Morgan fingerprint density at radius 1 is 1.21 bits per heavy atom. The quantitative estimate of drug-likeness (QED) is 0.857. The maximum Gasteiger partial charge on any atom is 0.303 e. The summed E-state index contributed by atoms with van der Waals surface area (Å²) in [6, 6.07) is 1.86. The van der Waals surface area contributed by atoms with Crippen molar-refractivity contribution in [1.29, 1.82) is 0 Å². The number of aryl methyl sites for hydroxylation is 1. The van der Waals surface area contributed by atoms with Crippen molar-refractivity contribution in [3.63, 3.8) is 0 Å². The van der Waals surface area contributed by atoms with Gasteiger partial charge < -0.3 is 15.2 Å². The molecule has 0 aliphatic rings. The molecule has 0 fully saturated rings. The fourth-order valence-corrected chi connectivity index (χ4v) is 1.87. The molecule has 1 aromatic rings. The summed E-state index contributed by atoms with van der Waals surface area (Å²) in [7, 11) is 1.60. The summed E-state index contributed by atoms with van der Waals surface area (Å²) >= 11 is 0. The number of hydrogen-bond donors (Lipinski definition) is 2. The number of hydrogen-bond acceptors (Lipinski definition) is 3. The Hall–Kier alpha value is -2.04. The summed E-state index contributed by atoms with van der Waals surface area (Å²) in [5, 5.41) is 11.3. The minimum absolute atomic E-state index is 0.0285. The number of amides is 1. The van der Waals surface area contributed by atoms with Gasteiger partial charge in [-0.05, 0) is 43.5 Å². The molecule has 0 spiro atoms. The number of methoxy groups -OCH3 is 1. The van der Waals surface area contributed by atoms with E-state index in [9.17, 15) is 9.59 Å². The minimum Gasteiger partial charge on any atom is -0.496 e. The number of ether oxygens (including phenoxy) is 1. The van der Waals surface area contributed by atoms with Crippen molar-refractivity contribution in [2.75, 3.05) is 12.4 Å². The van der Waals surface area contributed by atoms with E-state index in [2.05, 4.69) is 5.32 Å². The summed E-state index contributed by atoms with van der Waals surface area (Å²) in [6.45, 7) is 5.69. The molecule has 0 atom stereocenters. The standard InChI is InChI=1S/C14H19NO4/c1-8-7-11(19-4)9(2)10(3)14(8)15-12(16)5-6-13(17)18/h7H,5-6H2,1-4H3,(H,15,16)(H,17,18). The van der Waals surface area contributed by atoms with Gasteiger partial charge in [0, 0.05) is 12.1 Å². The van der Waals surface area contributed by atoms with Crippen LogP contribution >= 0.6 is 0 Å². The van der Waals surface area contributed by atoms with Crippen LogP contribution in [0.15, 0.2) is 6.07 Å². The molecule has 5 heteroatoms. The molecule has 0 radical (unpaired) electrons. The van der Waals surface area contributed by atoms with E-state index in [-0.39, 0.29) is 18.7 Å². The summed E-state index contributed by atoms with van der Waals surface area (Å²) in [4.78, 5) is 22.1. The van der Waals surface area contributed by atoms with E-state index < -0.39 is 5.97 Å². The highest BCUT2D eigenvalue weighted by Crippen LogP contribution is 2.31. The molecular formula is C14H19NO4. The van der Waals surface area contributed by atoms with E-state index in [0.717, 1.165) is 28.1 Å². The van der Waals surface area contributed by atoms with Crippen LogP contribution in [0.5, 0.6) is 5.75 Å². The smallest absolute Gasteiger partial charge is 0.303 e. The minimum atomic E-state index is -0.977. The molecule has 0 aliphatic carbocycles. The summed E-state index contributed by atoms with van der Waals surface area (Å²) < 4.78 is 5.26. The van der Waals surface area contributed by atoms with Crippen LogP contribution in [0, 0.1) is 20.8 Å². The molecule has 19 heavy (non-hydrogen) atoms. The van der Waals surface area contributed by atoms with Gasteiger partial charge in [0.05, 0.1) is 13.5 Å². The van der Waals surface area contributed by atoms with Crippen LogP contribution in [0.1, 0.15) is 29.5 Å². The zero-order chi connectivity index (χ0) is 14.6. The molecule has 1 amide bonds. The summed E-state index contributed by atoms with van der Waals surface area (Å²) in [5.74, 6) is -0.494. The van der Waals surface area contributed by atoms with Crippen molar-refractivity contribution in [3.05, 3.63) is 22.8 Å². The number of carboxylic acids is 1. The van der Waals surface area contributed by atoms with Gasteiger partial charge in [0.1, 0.15) is 5.75 Å². The summed E-state index contributed by atoms with van der Waals surface area (Å²) in [6.07, 6.45) is -0.196. The van der Waals surface area contributed by atoms with Crippen molar-refractivity contribution >= 4 is 17.6 Å². The third kappa shape index (κ3) is 3.71. The number of carboxylic acid groups (broad SMARTS) is 1. The first kappa shape index (κ1) is 15.0. The maximum absolute atomic E-state index is 11.7.